The zero-order valence-electron chi connectivity index (χ0n) is 9.32. The van der Waals surface area contributed by atoms with Gasteiger partial charge >= 0.3 is 0 Å². The van der Waals surface area contributed by atoms with Crippen LogP contribution in [0.1, 0.15) is 0 Å². The zero-order chi connectivity index (χ0) is 12.4. The Morgan fingerprint density at radius 2 is 1.94 bits per heavy atom. The molecule has 0 aromatic carbocycles. The van der Waals surface area contributed by atoms with Crippen molar-refractivity contribution < 1.29 is 0 Å². The Morgan fingerprint density at radius 1 is 1.00 bits per heavy atom. The van der Waals surface area contributed by atoms with Crippen LogP contribution in [0.2, 0.25) is 0 Å². The third kappa shape index (κ3) is 2.05. The molecule has 3 aromatic heterocycles. The number of thiazole rings is 1. The molecule has 0 atom stereocenters. The molecule has 6 heteroatoms. The van der Waals surface area contributed by atoms with E-state index in [1.165, 1.54) is 11.3 Å². The molecule has 3 aromatic rings. The van der Waals surface area contributed by atoms with Gasteiger partial charge in [0.05, 0.1) is 0 Å². The van der Waals surface area contributed by atoms with Crippen LogP contribution in [0, 0.1) is 0 Å². The smallest absolute Gasteiger partial charge is 0.180 e. The van der Waals surface area contributed by atoms with Crippen LogP contribution in [0.15, 0.2) is 42.0 Å². The topological polar surface area (TPSA) is 77.6 Å². The van der Waals surface area contributed by atoms with Gasteiger partial charge in [0.15, 0.2) is 5.82 Å². The molecule has 18 heavy (non-hydrogen) atoms. The van der Waals surface area contributed by atoms with E-state index in [1.54, 1.807) is 18.5 Å². The minimum Gasteiger partial charge on any atom is -0.384 e. The number of hydrogen-bond acceptors (Lipinski definition) is 6. The SMILES string of the molecule is Nc1cc(-c2nccs2)nc(-c2ccccn2)n1. The number of nitrogen functional groups attached to an aromatic ring is 1. The zero-order valence-corrected chi connectivity index (χ0v) is 10.1. The highest BCUT2D eigenvalue weighted by molar-refractivity contribution is 7.13. The Labute approximate surface area is 107 Å². The highest BCUT2D eigenvalue weighted by Crippen LogP contribution is 2.23. The first-order valence-corrected chi connectivity index (χ1v) is 6.17. The molecule has 0 bridgehead atoms. The molecule has 0 saturated carbocycles. The molecule has 0 aliphatic rings. The number of nitrogens with zero attached hydrogens (tertiary/aromatic N) is 4. The van der Waals surface area contributed by atoms with Gasteiger partial charge in [-0.15, -0.1) is 11.3 Å². The molecular formula is C12H9N5S. The summed E-state index contributed by atoms with van der Waals surface area (Å²) in [5.41, 5.74) is 7.22. The maximum absolute atomic E-state index is 5.80. The van der Waals surface area contributed by atoms with E-state index < -0.39 is 0 Å². The first-order valence-electron chi connectivity index (χ1n) is 5.29. The Hall–Kier alpha value is -2.34. The van der Waals surface area contributed by atoms with Crippen molar-refractivity contribution in [3.8, 4) is 22.2 Å². The summed E-state index contributed by atoms with van der Waals surface area (Å²) in [6.45, 7) is 0. The minimum atomic E-state index is 0.413. The highest BCUT2D eigenvalue weighted by Gasteiger charge is 2.09. The summed E-state index contributed by atoms with van der Waals surface area (Å²) in [7, 11) is 0. The van der Waals surface area contributed by atoms with Crippen molar-refractivity contribution in [3.63, 3.8) is 0 Å². The summed E-state index contributed by atoms with van der Waals surface area (Å²) in [4.78, 5) is 17.1. The second-order valence-corrected chi connectivity index (χ2v) is 4.45. The van der Waals surface area contributed by atoms with E-state index in [-0.39, 0.29) is 0 Å². The van der Waals surface area contributed by atoms with Gasteiger partial charge in [0, 0.05) is 23.8 Å². The number of aromatic nitrogens is 4. The number of nitrogens with two attached hydrogens (primary N) is 1. The molecule has 88 valence electrons. The molecule has 0 unspecified atom stereocenters. The lowest BCUT2D eigenvalue weighted by Crippen LogP contribution is -1.98. The molecule has 3 rings (SSSR count). The van der Waals surface area contributed by atoms with Crippen LogP contribution < -0.4 is 5.73 Å². The van der Waals surface area contributed by atoms with Crippen molar-refractivity contribution in [1.29, 1.82) is 0 Å². The molecule has 0 radical (unpaired) electrons. The third-order valence-electron chi connectivity index (χ3n) is 2.29. The standard InChI is InChI=1S/C12H9N5S/c13-10-7-9(12-15-5-6-18-12)16-11(17-10)8-3-1-2-4-14-8/h1-7H,(H2,13,16,17). The molecule has 0 saturated heterocycles. The average molecular weight is 255 g/mol. The van der Waals surface area contributed by atoms with Crippen LogP contribution in [0.3, 0.4) is 0 Å². The Kier molecular flexibility index (Phi) is 2.70. The van der Waals surface area contributed by atoms with Gasteiger partial charge in [0.25, 0.3) is 0 Å². The lowest BCUT2D eigenvalue weighted by Gasteiger charge is -2.03. The third-order valence-corrected chi connectivity index (χ3v) is 3.09. The summed E-state index contributed by atoms with van der Waals surface area (Å²) in [6.07, 6.45) is 3.43. The molecule has 0 aliphatic heterocycles. The van der Waals surface area contributed by atoms with E-state index in [0.29, 0.717) is 17.3 Å². The van der Waals surface area contributed by atoms with Crippen molar-refractivity contribution in [3.05, 3.63) is 42.0 Å². The largest absolute Gasteiger partial charge is 0.384 e. The van der Waals surface area contributed by atoms with Gasteiger partial charge in [0.2, 0.25) is 0 Å². The number of pyridine rings is 1. The fourth-order valence-electron chi connectivity index (χ4n) is 1.54. The summed E-state index contributed by atoms with van der Waals surface area (Å²) >= 11 is 1.51. The normalized spacial score (nSPS) is 10.4. The van der Waals surface area contributed by atoms with Crippen molar-refractivity contribution >= 4 is 17.2 Å². The van der Waals surface area contributed by atoms with Gasteiger partial charge in [-0.3, -0.25) is 4.98 Å². The lowest BCUT2D eigenvalue weighted by molar-refractivity contribution is 1.14. The summed E-state index contributed by atoms with van der Waals surface area (Å²) in [5, 5.41) is 2.72. The Morgan fingerprint density at radius 3 is 2.67 bits per heavy atom. The van der Waals surface area contributed by atoms with Crippen LogP contribution in [0.25, 0.3) is 22.2 Å². The fraction of sp³-hybridized carbons (Fsp3) is 0. The molecular weight excluding hydrogens is 246 g/mol. The monoisotopic (exact) mass is 255 g/mol. The van der Waals surface area contributed by atoms with Crippen molar-refractivity contribution in [2.24, 2.45) is 0 Å². The van der Waals surface area contributed by atoms with E-state index >= 15 is 0 Å². The lowest BCUT2D eigenvalue weighted by atomic mass is 10.3. The number of anilines is 1. The van der Waals surface area contributed by atoms with Crippen molar-refractivity contribution in [2.75, 3.05) is 5.73 Å². The first-order chi connectivity index (χ1) is 8.83. The van der Waals surface area contributed by atoms with Crippen LogP contribution in [-0.2, 0) is 0 Å². The van der Waals surface area contributed by atoms with Gasteiger partial charge in [-0.25, -0.2) is 15.0 Å². The van der Waals surface area contributed by atoms with E-state index in [2.05, 4.69) is 19.9 Å². The van der Waals surface area contributed by atoms with E-state index in [0.717, 1.165) is 10.7 Å². The predicted octanol–water partition coefficient (Wildman–Crippen LogP) is 2.24. The van der Waals surface area contributed by atoms with Gasteiger partial charge in [0.1, 0.15) is 22.2 Å². The van der Waals surface area contributed by atoms with Crippen LogP contribution >= 0.6 is 11.3 Å². The highest BCUT2D eigenvalue weighted by atomic mass is 32.1. The molecule has 0 fully saturated rings. The number of rotatable bonds is 2. The molecule has 0 amide bonds. The molecule has 2 N–H and O–H groups in total. The van der Waals surface area contributed by atoms with E-state index in [4.69, 9.17) is 5.73 Å². The van der Waals surface area contributed by atoms with Gasteiger partial charge < -0.3 is 5.73 Å². The van der Waals surface area contributed by atoms with Crippen LogP contribution in [0.4, 0.5) is 5.82 Å². The predicted molar refractivity (Wildman–Crippen MR) is 70.8 cm³/mol. The van der Waals surface area contributed by atoms with Gasteiger partial charge in [-0.05, 0) is 12.1 Å². The van der Waals surface area contributed by atoms with Crippen LogP contribution in [0.5, 0.6) is 0 Å². The molecule has 0 spiro atoms. The second-order valence-electron chi connectivity index (χ2n) is 3.55. The summed E-state index contributed by atoms with van der Waals surface area (Å²) in [6, 6.07) is 7.29. The van der Waals surface area contributed by atoms with Crippen molar-refractivity contribution in [1.82, 2.24) is 19.9 Å². The van der Waals surface area contributed by atoms with E-state index in [1.807, 2.05) is 23.6 Å². The molecule has 5 nitrogen and oxygen atoms in total. The quantitative estimate of drug-likeness (QED) is 0.759. The fourth-order valence-corrected chi connectivity index (χ4v) is 2.13. The van der Waals surface area contributed by atoms with Gasteiger partial charge in [-0.1, -0.05) is 6.07 Å². The van der Waals surface area contributed by atoms with E-state index in [9.17, 15) is 0 Å². The van der Waals surface area contributed by atoms with Crippen molar-refractivity contribution in [2.45, 2.75) is 0 Å². The summed E-state index contributed by atoms with van der Waals surface area (Å²) in [5.74, 6) is 0.927. The van der Waals surface area contributed by atoms with Crippen LogP contribution in [-0.4, -0.2) is 19.9 Å². The number of hydrogen-bond donors (Lipinski definition) is 1. The molecule has 3 heterocycles. The minimum absolute atomic E-state index is 0.413. The first kappa shape index (κ1) is 10.8. The Bertz CT molecular complexity index is 651. The Balaban J connectivity index is 2.12. The van der Waals surface area contributed by atoms with Gasteiger partial charge in [-0.2, -0.15) is 0 Å². The summed E-state index contributed by atoms with van der Waals surface area (Å²) < 4.78 is 0. The average Bonchev–Trinajstić information content (AvgIpc) is 2.93. The second kappa shape index (κ2) is 4.50. The maximum Gasteiger partial charge on any atom is 0.180 e. The molecule has 0 aliphatic carbocycles. The maximum atomic E-state index is 5.80.